The van der Waals surface area contributed by atoms with Crippen molar-refractivity contribution in [2.75, 3.05) is 51.3 Å². The normalized spacial score (nSPS) is 20.4. The minimum atomic E-state index is -1.06. The molecule has 43 heavy (non-hydrogen) atoms. The number of amides is 1. The Morgan fingerprint density at radius 1 is 1.19 bits per heavy atom. The molecule has 1 aromatic heterocycles. The van der Waals surface area contributed by atoms with Gasteiger partial charge in [0.15, 0.2) is 5.83 Å². The fourth-order valence-electron chi connectivity index (χ4n) is 6.42. The number of nitrogens with zero attached hydrogens (tertiary/aromatic N) is 6. The predicted molar refractivity (Wildman–Crippen MR) is 158 cm³/mol. The monoisotopic (exact) mass is 588 g/mol. The van der Waals surface area contributed by atoms with E-state index in [1.807, 2.05) is 11.0 Å². The maximum absolute atomic E-state index is 15.1. The molecule has 2 aromatic carbocycles. The summed E-state index contributed by atoms with van der Waals surface area (Å²) < 4.78 is 41.4. The highest BCUT2D eigenvalue weighted by Crippen LogP contribution is 2.45. The molecule has 4 heterocycles. The van der Waals surface area contributed by atoms with Crippen molar-refractivity contribution in [2.45, 2.75) is 44.2 Å². The van der Waals surface area contributed by atoms with Gasteiger partial charge in [0.25, 0.3) is 5.91 Å². The molecule has 3 aliphatic heterocycles. The van der Waals surface area contributed by atoms with Crippen LogP contribution in [0.3, 0.4) is 0 Å². The molecule has 11 heteroatoms. The fraction of sp³-hybridized carbons (Fsp3) is 0.438. The Balaban J connectivity index is 1.48. The fourth-order valence-corrected chi connectivity index (χ4v) is 6.42. The summed E-state index contributed by atoms with van der Waals surface area (Å²) in [6.45, 7) is 5.83. The number of likely N-dealkylation sites (tertiary alicyclic amines) is 1. The van der Waals surface area contributed by atoms with Gasteiger partial charge in [-0.2, -0.15) is 15.2 Å². The third kappa shape index (κ3) is 5.59. The summed E-state index contributed by atoms with van der Waals surface area (Å²) in [6, 6.07) is 10.5. The highest BCUT2D eigenvalue weighted by atomic mass is 19.1. The number of halogens is 2. The number of hydrogen-bond donors (Lipinski definition) is 0. The van der Waals surface area contributed by atoms with Crippen LogP contribution in [0.15, 0.2) is 42.7 Å². The first-order valence-corrected chi connectivity index (χ1v) is 14.7. The Kier molecular flexibility index (Phi) is 8.13. The standard InChI is InChI=1S/C32H34F2N6O3/c1-20(33)31(41)40-15-14-39(18-21(40)11-12-35)30-28-27(36-32(37-30)43-19-22-7-5-13-38(22)2)17-25(23-8-3-4-10-26(23)34)24-9-6-16-42-29(24)28/h3-4,8,10,17,21-22H,1,5-7,9,11,13-16,18-19H2,2H3. The van der Waals surface area contributed by atoms with E-state index in [0.717, 1.165) is 31.4 Å². The lowest BCUT2D eigenvalue weighted by Crippen LogP contribution is -2.55. The highest BCUT2D eigenvalue weighted by Gasteiger charge is 2.35. The number of carbonyl (C=O) groups excluding carboxylic acids is 1. The number of ether oxygens (including phenoxy) is 2. The molecule has 2 saturated heterocycles. The molecule has 0 N–H and O–H groups in total. The van der Waals surface area contributed by atoms with E-state index in [1.165, 1.54) is 11.0 Å². The molecule has 0 bridgehead atoms. The van der Waals surface area contributed by atoms with Crippen LogP contribution in [0, 0.1) is 17.1 Å². The Bertz CT molecular complexity index is 1610. The number of piperazine rings is 1. The second kappa shape index (κ2) is 12.1. The number of benzene rings is 2. The Hall–Kier alpha value is -4.30. The summed E-state index contributed by atoms with van der Waals surface area (Å²) in [6.07, 6.45) is 3.60. The Morgan fingerprint density at radius 3 is 2.77 bits per heavy atom. The molecule has 0 spiro atoms. The molecular weight excluding hydrogens is 554 g/mol. The first-order valence-electron chi connectivity index (χ1n) is 14.7. The molecule has 0 radical (unpaired) electrons. The van der Waals surface area contributed by atoms with Gasteiger partial charge in [0.1, 0.15) is 24.0 Å². The molecular formula is C32H34F2N6O3. The first kappa shape index (κ1) is 28.8. The van der Waals surface area contributed by atoms with E-state index < -0.39 is 17.8 Å². The van der Waals surface area contributed by atoms with Crippen molar-refractivity contribution in [1.29, 1.82) is 5.26 Å². The summed E-state index contributed by atoms with van der Waals surface area (Å²) in [4.78, 5) is 27.8. The van der Waals surface area contributed by atoms with Crippen molar-refractivity contribution in [2.24, 2.45) is 0 Å². The molecule has 2 fully saturated rings. The summed E-state index contributed by atoms with van der Waals surface area (Å²) in [5.41, 5.74) is 2.61. The molecule has 0 aliphatic carbocycles. The van der Waals surface area contributed by atoms with Crippen LogP contribution in [0.4, 0.5) is 14.6 Å². The van der Waals surface area contributed by atoms with Crippen molar-refractivity contribution in [3.05, 3.63) is 54.1 Å². The highest BCUT2D eigenvalue weighted by molar-refractivity contribution is 6.00. The number of hydrogen-bond acceptors (Lipinski definition) is 8. The number of fused-ring (bicyclic) bond motifs is 3. The van der Waals surface area contributed by atoms with Crippen LogP contribution in [-0.2, 0) is 11.2 Å². The van der Waals surface area contributed by atoms with Crippen molar-refractivity contribution in [3.63, 3.8) is 0 Å². The molecule has 0 saturated carbocycles. The van der Waals surface area contributed by atoms with Crippen LogP contribution in [0.2, 0.25) is 0 Å². The van der Waals surface area contributed by atoms with Crippen LogP contribution >= 0.6 is 0 Å². The SMILES string of the molecule is C=C(F)C(=O)N1CCN(c2nc(OCC3CCCN3C)nc3cc(-c4ccccc4F)c4c(c23)OCCC4)CC1CC#N. The van der Waals surface area contributed by atoms with Gasteiger partial charge in [0.05, 0.1) is 36.0 Å². The van der Waals surface area contributed by atoms with Crippen LogP contribution in [-0.4, -0.2) is 84.2 Å². The van der Waals surface area contributed by atoms with Gasteiger partial charge in [-0.25, -0.2) is 8.78 Å². The van der Waals surface area contributed by atoms with Crippen LogP contribution in [0.1, 0.15) is 31.2 Å². The van der Waals surface area contributed by atoms with Gasteiger partial charge < -0.3 is 24.2 Å². The molecule has 3 aromatic rings. The van der Waals surface area contributed by atoms with Crippen molar-refractivity contribution >= 4 is 22.6 Å². The lowest BCUT2D eigenvalue weighted by atomic mass is 9.92. The van der Waals surface area contributed by atoms with Gasteiger partial charge in [-0.05, 0) is 57.0 Å². The van der Waals surface area contributed by atoms with E-state index in [2.05, 4.69) is 24.6 Å². The zero-order chi connectivity index (χ0) is 30.1. The lowest BCUT2D eigenvalue weighted by molar-refractivity contribution is -0.131. The number of anilines is 1. The minimum absolute atomic E-state index is 0.0158. The topological polar surface area (TPSA) is 94.8 Å². The molecule has 6 rings (SSSR count). The van der Waals surface area contributed by atoms with E-state index in [-0.39, 0.29) is 37.4 Å². The van der Waals surface area contributed by atoms with E-state index in [4.69, 9.17) is 19.4 Å². The second-order valence-corrected chi connectivity index (χ2v) is 11.3. The summed E-state index contributed by atoms with van der Waals surface area (Å²) in [7, 11) is 2.07. The van der Waals surface area contributed by atoms with E-state index in [1.54, 1.807) is 18.2 Å². The van der Waals surface area contributed by atoms with E-state index >= 15 is 4.39 Å². The zero-order valence-corrected chi connectivity index (χ0v) is 24.2. The molecule has 1 amide bonds. The van der Waals surface area contributed by atoms with E-state index in [9.17, 15) is 14.4 Å². The van der Waals surface area contributed by atoms with Crippen molar-refractivity contribution in [1.82, 2.24) is 19.8 Å². The average molecular weight is 589 g/mol. The number of aromatic nitrogens is 2. The van der Waals surface area contributed by atoms with Gasteiger partial charge in [-0.1, -0.05) is 24.8 Å². The maximum Gasteiger partial charge on any atom is 0.319 e. The summed E-state index contributed by atoms with van der Waals surface area (Å²) in [5, 5.41) is 10.2. The second-order valence-electron chi connectivity index (χ2n) is 11.3. The number of rotatable bonds is 7. The Morgan fingerprint density at radius 2 is 2.02 bits per heavy atom. The quantitative estimate of drug-likeness (QED) is 0.369. The van der Waals surface area contributed by atoms with Crippen LogP contribution in [0.25, 0.3) is 22.0 Å². The molecule has 2 atom stereocenters. The van der Waals surface area contributed by atoms with Crippen molar-refractivity contribution < 1.29 is 23.0 Å². The average Bonchev–Trinajstić information content (AvgIpc) is 3.43. The van der Waals surface area contributed by atoms with Gasteiger partial charge in [-0.15, -0.1) is 0 Å². The smallest absolute Gasteiger partial charge is 0.319 e. The largest absolute Gasteiger partial charge is 0.492 e. The Labute approximate surface area is 249 Å². The number of nitriles is 1. The molecule has 2 unspecified atom stereocenters. The number of likely N-dealkylation sites (N-methyl/N-ethyl adjacent to an activating group) is 1. The number of carbonyl (C=O) groups is 1. The third-order valence-corrected chi connectivity index (χ3v) is 8.66. The molecule has 9 nitrogen and oxygen atoms in total. The minimum Gasteiger partial charge on any atom is -0.492 e. The van der Waals surface area contributed by atoms with Crippen LogP contribution in [0.5, 0.6) is 11.8 Å². The van der Waals surface area contributed by atoms with Gasteiger partial charge in [0, 0.05) is 36.8 Å². The predicted octanol–water partition coefficient (Wildman–Crippen LogP) is 4.65. The first-order chi connectivity index (χ1) is 20.9. The zero-order valence-electron chi connectivity index (χ0n) is 24.2. The van der Waals surface area contributed by atoms with Gasteiger partial charge in [0.2, 0.25) is 0 Å². The summed E-state index contributed by atoms with van der Waals surface area (Å²) in [5.74, 6) is -1.05. The van der Waals surface area contributed by atoms with Gasteiger partial charge in [-0.3, -0.25) is 4.79 Å². The lowest BCUT2D eigenvalue weighted by Gasteiger charge is -2.41. The summed E-state index contributed by atoms with van der Waals surface area (Å²) >= 11 is 0. The van der Waals surface area contributed by atoms with E-state index in [0.29, 0.717) is 59.8 Å². The maximum atomic E-state index is 15.1. The third-order valence-electron chi connectivity index (χ3n) is 8.66. The van der Waals surface area contributed by atoms with Crippen molar-refractivity contribution in [3.8, 4) is 29.0 Å². The molecule has 224 valence electrons. The van der Waals surface area contributed by atoms with Gasteiger partial charge >= 0.3 is 6.01 Å². The molecule has 3 aliphatic rings. The van der Waals surface area contributed by atoms with Crippen LogP contribution < -0.4 is 14.4 Å².